The van der Waals surface area contributed by atoms with Crippen molar-refractivity contribution >= 4 is 5.91 Å². The third-order valence-corrected chi connectivity index (χ3v) is 6.83. The summed E-state index contributed by atoms with van der Waals surface area (Å²) in [5.74, 6) is 1.04. The van der Waals surface area contributed by atoms with Crippen molar-refractivity contribution in [3.05, 3.63) is 34.9 Å². The van der Waals surface area contributed by atoms with Gasteiger partial charge in [0.15, 0.2) is 0 Å². The molecule has 124 valence electrons. The lowest BCUT2D eigenvalue weighted by Crippen LogP contribution is -2.55. The van der Waals surface area contributed by atoms with Crippen LogP contribution in [0.2, 0.25) is 0 Å². The molecule has 0 saturated carbocycles. The Labute approximate surface area is 140 Å². The van der Waals surface area contributed by atoms with Crippen molar-refractivity contribution < 1.29 is 4.79 Å². The van der Waals surface area contributed by atoms with E-state index in [2.05, 4.69) is 50.8 Å². The van der Waals surface area contributed by atoms with Gasteiger partial charge in [0.1, 0.15) is 0 Å². The molecule has 1 aromatic carbocycles. The lowest BCUT2D eigenvalue weighted by atomic mass is 9.57. The molecule has 0 unspecified atom stereocenters. The Hall–Kier alpha value is -1.31. The predicted molar refractivity (Wildman–Crippen MR) is 93.7 cm³/mol. The second-order valence-corrected chi connectivity index (χ2v) is 9.09. The van der Waals surface area contributed by atoms with Crippen molar-refractivity contribution in [3.8, 4) is 0 Å². The SMILES string of the molecule is CC(C)(C)c1cccc2c1CC[C@H]1[C@@H]3CCC(=O)N3CC[C@]21C. The highest BCUT2D eigenvalue weighted by molar-refractivity contribution is 5.79. The van der Waals surface area contributed by atoms with Gasteiger partial charge in [-0.3, -0.25) is 4.79 Å². The number of rotatable bonds is 0. The second kappa shape index (κ2) is 4.84. The van der Waals surface area contributed by atoms with Crippen molar-refractivity contribution in [1.82, 2.24) is 4.90 Å². The number of nitrogens with zero attached hydrogens (tertiary/aromatic N) is 1. The van der Waals surface area contributed by atoms with Gasteiger partial charge < -0.3 is 4.90 Å². The van der Waals surface area contributed by atoms with Crippen molar-refractivity contribution in [2.75, 3.05) is 6.54 Å². The molecule has 2 aliphatic heterocycles. The van der Waals surface area contributed by atoms with Crippen LogP contribution in [0.25, 0.3) is 0 Å². The van der Waals surface area contributed by atoms with Crippen molar-refractivity contribution in [3.63, 3.8) is 0 Å². The van der Waals surface area contributed by atoms with Crippen LogP contribution in [0, 0.1) is 5.92 Å². The van der Waals surface area contributed by atoms with Gasteiger partial charge in [0.25, 0.3) is 0 Å². The molecule has 2 fully saturated rings. The minimum absolute atomic E-state index is 0.207. The van der Waals surface area contributed by atoms with Gasteiger partial charge in [0.05, 0.1) is 0 Å². The van der Waals surface area contributed by atoms with Crippen LogP contribution in [-0.4, -0.2) is 23.4 Å². The monoisotopic (exact) mass is 311 g/mol. The molecule has 0 aromatic heterocycles. The smallest absolute Gasteiger partial charge is 0.222 e. The van der Waals surface area contributed by atoms with Gasteiger partial charge in [-0.2, -0.15) is 0 Å². The van der Waals surface area contributed by atoms with E-state index >= 15 is 0 Å². The molecule has 0 radical (unpaired) electrons. The van der Waals surface area contributed by atoms with Crippen LogP contribution in [0.1, 0.15) is 70.1 Å². The Bertz CT molecular complexity index is 656. The fraction of sp³-hybridized carbons (Fsp3) is 0.667. The highest BCUT2D eigenvalue weighted by Crippen LogP contribution is 2.52. The first-order valence-electron chi connectivity index (χ1n) is 9.25. The maximum Gasteiger partial charge on any atom is 0.222 e. The Morgan fingerprint density at radius 2 is 1.96 bits per heavy atom. The molecule has 0 spiro atoms. The first kappa shape index (κ1) is 15.2. The fourth-order valence-corrected chi connectivity index (χ4v) is 5.67. The highest BCUT2D eigenvalue weighted by Gasteiger charge is 2.52. The molecule has 1 aliphatic carbocycles. The van der Waals surface area contributed by atoms with Crippen LogP contribution in [0.4, 0.5) is 0 Å². The molecule has 1 amide bonds. The molecule has 3 aliphatic rings. The molecular weight excluding hydrogens is 282 g/mol. The van der Waals surface area contributed by atoms with Crippen molar-refractivity contribution in [2.24, 2.45) is 5.92 Å². The molecule has 2 heteroatoms. The topological polar surface area (TPSA) is 20.3 Å². The molecule has 0 N–H and O–H groups in total. The van der Waals surface area contributed by atoms with Gasteiger partial charge in [-0.15, -0.1) is 0 Å². The number of fused-ring (bicyclic) bond motifs is 5. The van der Waals surface area contributed by atoms with Gasteiger partial charge in [-0.1, -0.05) is 45.9 Å². The minimum Gasteiger partial charge on any atom is -0.339 e. The first-order valence-corrected chi connectivity index (χ1v) is 9.25. The summed E-state index contributed by atoms with van der Waals surface area (Å²) in [6.45, 7) is 10.4. The number of amides is 1. The summed E-state index contributed by atoms with van der Waals surface area (Å²) in [6.07, 6.45) is 5.40. The molecule has 1 aromatic rings. The molecule has 2 heterocycles. The zero-order valence-corrected chi connectivity index (χ0v) is 15.0. The number of piperidine rings is 1. The van der Waals surface area contributed by atoms with E-state index in [0.29, 0.717) is 17.9 Å². The third-order valence-electron chi connectivity index (χ3n) is 6.83. The van der Waals surface area contributed by atoms with Crippen LogP contribution in [-0.2, 0) is 22.0 Å². The van der Waals surface area contributed by atoms with Gasteiger partial charge in [-0.25, -0.2) is 0 Å². The van der Waals surface area contributed by atoms with Gasteiger partial charge >= 0.3 is 0 Å². The molecular formula is C21H29NO. The maximum absolute atomic E-state index is 12.1. The molecule has 2 saturated heterocycles. The lowest BCUT2D eigenvalue weighted by Gasteiger charge is -2.53. The van der Waals surface area contributed by atoms with Crippen LogP contribution in [0.5, 0.6) is 0 Å². The largest absolute Gasteiger partial charge is 0.339 e. The normalized spacial score (nSPS) is 33.2. The molecule has 2 nitrogen and oxygen atoms in total. The summed E-state index contributed by atoms with van der Waals surface area (Å²) in [7, 11) is 0. The number of carbonyl (C=O) groups excluding carboxylic acids is 1. The molecule has 0 bridgehead atoms. The third kappa shape index (κ3) is 2.10. The zero-order valence-electron chi connectivity index (χ0n) is 15.0. The van der Waals surface area contributed by atoms with Crippen LogP contribution in [0.3, 0.4) is 0 Å². The van der Waals surface area contributed by atoms with E-state index < -0.39 is 0 Å². The second-order valence-electron chi connectivity index (χ2n) is 9.09. The Kier molecular flexibility index (Phi) is 3.21. The number of carbonyl (C=O) groups is 1. The summed E-state index contributed by atoms with van der Waals surface area (Å²) in [5, 5.41) is 0. The Morgan fingerprint density at radius 1 is 1.17 bits per heavy atom. The van der Waals surface area contributed by atoms with E-state index in [9.17, 15) is 4.79 Å². The van der Waals surface area contributed by atoms with E-state index in [0.717, 1.165) is 25.8 Å². The fourth-order valence-electron chi connectivity index (χ4n) is 5.67. The number of hydrogen-bond acceptors (Lipinski definition) is 1. The van der Waals surface area contributed by atoms with Crippen LogP contribution in [0.15, 0.2) is 18.2 Å². The van der Waals surface area contributed by atoms with Gasteiger partial charge in [0.2, 0.25) is 5.91 Å². The molecule has 4 rings (SSSR count). The Balaban J connectivity index is 1.80. The first-order chi connectivity index (χ1) is 10.8. The van der Waals surface area contributed by atoms with Crippen LogP contribution < -0.4 is 0 Å². The van der Waals surface area contributed by atoms with Gasteiger partial charge in [-0.05, 0) is 59.1 Å². The number of hydrogen-bond donors (Lipinski definition) is 0. The van der Waals surface area contributed by atoms with E-state index in [1.54, 1.807) is 11.1 Å². The van der Waals surface area contributed by atoms with Gasteiger partial charge in [0, 0.05) is 19.0 Å². The summed E-state index contributed by atoms with van der Waals surface area (Å²) >= 11 is 0. The predicted octanol–water partition coefficient (Wildman–Crippen LogP) is 4.20. The zero-order chi connectivity index (χ0) is 16.4. The minimum atomic E-state index is 0.207. The average Bonchev–Trinajstić information content (AvgIpc) is 2.86. The van der Waals surface area contributed by atoms with Crippen molar-refractivity contribution in [1.29, 1.82) is 0 Å². The summed E-state index contributed by atoms with van der Waals surface area (Å²) in [5.41, 5.74) is 5.18. The lowest BCUT2D eigenvalue weighted by molar-refractivity contribution is -0.132. The molecule has 3 atom stereocenters. The summed E-state index contributed by atoms with van der Waals surface area (Å²) in [6, 6.07) is 7.46. The quantitative estimate of drug-likeness (QED) is 0.703. The van der Waals surface area contributed by atoms with Crippen molar-refractivity contribution in [2.45, 2.75) is 76.7 Å². The number of benzene rings is 1. The van der Waals surface area contributed by atoms with E-state index in [1.165, 1.54) is 18.4 Å². The highest BCUT2D eigenvalue weighted by atomic mass is 16.2. The maximum atomic E-state index is 12.1. The Morgan fingerprint density at radius 3 is 2.70 bits per heavy atom. The van der Waals surface area contributed by atoms with E-state index in [1.807, 2.05) is 0 Å². The van der Waals surface area contributed by atoms with E-state index in [4.69, 9.17) is 0 Å². The summed E-state index contributed by atoms with van der Waals surface area (Å²) < 4.78 is 0. The average molecular weight is 311 g/mol. The van der Waals surface area contributed by atoms with Crippen LogP contribution >= 0.6 is 0 Å². The van der Waals surface area contributed by atoms with E-state index in [-0.39, 0.29) is 10.8 Å². The summed E-state index contributed by atoms with van der Waals surface area (Å²) in [4.78, 5) is 14.3. The molecule has 23 heavy (non-hydrogen) atoms. The standard InChI is InChI=1S/C21H29NO/c1-20(2,3)15-6-5-7-16-14(15)8-9-17-18-10-11-19(23)22(18)13-12-21(16,17)4/h5-7,17-18H,8-13H2,1-4H3/t17-,18-,21+/m0/s1.